The van der Waals surface area contributed by atoms with Gasteiger partial charge in [0.25, 0.3) is 0 Å². The summed E-state index contributed by atoms with van der Waals surface area (Å²) < 4.78 is 48.8. The molecule has 4 nitrogen and oxygen atoms in total. The molecule has 21 heavy (non-hydrogen) atoms. The van der Waals surface area contributed by atoms with Gasteiger partial charge in [0.1, 0.15) is 0 Å². The zero-order valence-electron chi connectivity index (χ0n) is 10.2. The number of hydrogen-bond donors (Lipinski definition) is 0. The van der Waals surface area contributed by atoms with E-state index in [4.69, 9.17) is 21.1 Å². The maximum atomic E-state index is 12.9. The van der Waals surface area contributed by atoms with E-state index in [1.54, 1.807) is 0 Å². The third-order valence-electron chi connectivity index (χ3n) is 2.44. The molecule has 8 heteroatoms. The number of oxime groups is 1. The Bertz CT molecular complexity index is 471. The van der Waals surface area contributed by atoms with E-state index in [2.05, 4.69) is 9.99 Å². The van der Waals surface area contributed by atoms with Crippen molar-refractivity contribution in [2.75, 3.05) is 19.8 Å². The van der Waals surface area contributed by atoms with E-state index in [0.29, 0.717) is 18.2 Å². The molecule has 1 aromatic carbocycles. The second kappa shape index (κ2) is 7.63. The molecule has 118 valence electrons. The molecule has 0 spiro atoms. The number of alkyl halides is 3. The second-order valence-corrected chi connectivity index (χ2v) is 4.35. The van der Waals surface area contributed by atoms with E-state index in [1.807, 2.05) is 0 Å². The molecule has 1 heterocycles. The number of hydrogen-bond acceptors (Lipinski definition) is 4. The second-order valence-electron chi connectivity index (χ2n) is 3.91. The number of rotatable bonds is 4. The lowest BCUT2D eigenvalue weighted by Gasteiger charge is -2.12. The Balaban J connectivity index is 0.00000220. The van der Waals surface area contributed by atoms with E-state index in [1.165, 1.54) is 24.3 Å². The Labute approximate surface area is 125 Å². The van der Waals surface area contributed by atoms with Crippen molar-refractivity contribution < 1.29 is 27.5 Å². The highest BCUT2D eigenvalue weighted by Crippen LogP contribution is 2.24. The molecule has 0 aromatic heterocycles. The zero-order valence-corrected chi connectivity index (χ0v) is 10.9. The van der Waals surface area contributed by atoms with Crippen LogP contribution in [0.5, 0.6) is 0 Å². The van der Waals surface area contributed by atoms with Gasteiger partial charge in [0.2, 0.25) is 0 Å². The molecular formula is C13H15ClF3NO3. The van der Waals surface area contributed by atoms with Crippen molar-refractivity contribution in [2.24, 2.45) is 5.16 Å². The van der Waals surface area contributed by atoms with Crippen LogP contribution in [-0.2, 0) is 14.3 Å². The van der Waals surface area contributed by atoms with Crippen LogP contribution in [0.2, 0.25) is 5.02 Å². The summed E-state index contributed by atoms with van der Waals surface area (Å²) in [5, 5.41) is 3.48. The quantitative estimate of drug-likeness (QED) is 0.627. The number of halogens is 4. The minimum atomic E-state index is -4.63. The minimum Gasteiger partial charge on any atom is -0.390 e. The van der Waals surface area contributed by atoms with E-state index in [9.17, 15) is 13.2 Å². The van der Waals surface area contributed by atoms with Crippen LogP contribution in [0, 0.1) is 0 Å². The maximum absolute atomic E-state index is 12.9. The Hall–Kier alpha value is -1.31. The van der Waals surface area contributed by atoms with Gasteiger partial charge < -0.3 is 14.3 Å². The van der Waals surface area contributed by atoms with Gasteiger partial charge in [-0.05, 0) is 12.1 Å². The number of benzene rings is 1. The highest BCUT2D eigenvalue weighted by molar-refractivity contribution is 6.30. The van der Waals surface area contributed by atoms with Crippen molar-refractivity contribution in [2.45, 2.75) is 19.9 Å². The first-order chi connectivity index (χ1) is 9.47. The molecular weight excluding hydrogens is 311 g/mol. The van der Waals surface area contributed by atoms with Crippen molar-refractivity contribution in [1.29, 1.82) is 0 Å². The van der Waals surface area contributed by atoms with Crippen molar-refractivity contribution in [3.63, 3.8) is 0 Å². The third kappa shape index (κ3) is 5.18. The molecule has 0 aliphatic carbocycles. The van der Waals surface area contributed by atoms with Gasteiger partial charge in [-0.1, -0.05) is 36.3 Å². The van der Waals surface area contributed by atoms with Crippen LogP contribution < -0.4 is 0 Å². The van der Waals surface area contributed by atoms with Gasteiger partial charge in [-0.2, -0.15) is 13.2 Å². The summed E-state index contributed by atoms with van der Waals surface area (Å²) in [6.45, 7) is 0.579. The smallest absolute Gasteiger partial charge is 0.390 e. The van der Waals surface area contributed by atoms with Gasteiger partial charge in [-0.15, -0.1) is 0 Å². The molecule has 0 amide bonds. The molecule has 2 rings (SSSR count). The summed E-state index contributed by atoms with van der Waals surface area (Å²) in [6, 6.07) is 5.14. The van der Waals surface area contributed by atoms with Crippen molar-refractivity contribution in [3.8, 4) is 0 Å². The van der Waals surface area contributed by atoms with E-state index >= 15 is 0 Å². The van der Waals surface area contributed by atoms with Crippen molar-refractivity contribution >= 4 is 17.3 Å². The average Bonchev–Trinajstić information content (AvgIpc) is 2.88. The summed E-state index contributed by atoms with van der Waals surface area (Å²) in [5.41, 5.74) is -1.26. The lowest BCUT2D eigenvalue weighted by atomic mass is 10.1. The standard InChI is InChI=1S/C12H11ClF3NO3.CH4/c13-9-3-1-8(2-4-9)11(12(14,15)16)17-20-7-10-18-5-6-19-10;/h1-4,10H,5-7H2;1H4/b17-11-;. The number of nitrogens with zero attached hydrogens (tertiary/aromatic N) is 1. The van der Waals surface area contributed by atoms with Crippen molar-refractivity contribution in [1.82, 2.24) is 0 Å². The van der Waals surface area contributed by atoms with Crippen LogP contribution in [0.25, 0.3) is 0 Å². The molecule has 1 aromatic rings. The Morgan fingerprint density at radius 1 is 1.24 bits per heavy atom. The van der Waals surface area contributed by atoms with Gasteiger partial charge >= 0.3 is 6.18 Å². The molecule has 1 aliphatic rings. The fourth-order valence-electron chi connectivity index (χ4n) is 1.54. The lowest BCUT2D eigenvalue weighted by Crippen LogP contribution is -2.25. The molecule has 0 radical (unpaired) electrons. The molecule has 1 aliphatic heterocycles. The third-order valence-corrected chi connectivity index (χ3v) is 2.70. The zero-order chi connectivity index (χ0) is 14.6. The summed E-state index contributed by atoms with van der Waals surface area (Å²) in [7, 11) is 0. The van der Waals surface area contributed by atoms with Crippen LogP contribution >= 0.6 is 11.6 Å². The predicted octanol–water partition coefficient (Wildman–Crippen LogP) is 3.63. The Morgan fingerprint density at radius 2 is 1.81 bits per heavy atom. The number of ether oxygens (including phenoxy) is 2. The van der Waals surface area contributed by atoms with E-state index in [0.717, 1.165) is 0 Å². The summed E-state index contributed by atoms with van der Waals surface area (Å²) in [5.74, 6) is 0. The van der Waals surface area contributed by atoms with Crippen LogP contribution in [0.3, 0.4) is 0 Å². The van der Waals surface area contributed by atoms with Crippen LogP contribution in [0.4, 0.5) is 13.2 Å². The fraction of sp³-hybridized carbons (Fsp3) is 0.462. The lowest BCUT2D eigenvalue weighted by molar-refractivity contribution is -0.0979. The largest absolute Gasteiger partial charge is 0.437 e. The van der Waals surface area contributed by atoms with Gasteiger partial charge in [0.15, 0.2) is 18.6 Å². The van der Waals surface area contributed by atoms with Gasteiger partial charge in [0.05, 0.1) is 13.2 Å². The monoisotopic (exact) mass is 325 g/mol. The summed E-state index contributed by atoms with van der Waals surface area (Å²) >= 11 is 5.64. The molecule has 0 atom stereocenters. The fourth-order valence-corrected chi connectivity index (χ4v) is 1.67. The normalized spacial score (nSPS) is 16.7. The van der Waals surface area contributed by atoms with Gasteiger partial charge in [-0.3, -0.25) is 0 Å². The Morgan fingerprint density at radius 3 is 2.33 bits per heavy atom. The van der Waals surface area contributed by atoms with Crippen LogP contribution in [0.15, 0.2) is 29.4 Å². The highest BCUT2D eigenvalue weighted by atomic mass is 35.5. The minimum absolute atomic E-state index is 0. The molecule has 0 N–H and O–H groups in total. The summed E-state index contributed by atoms with van der Waals surface area (Å²) in [4.78, 5) is 4.68. The van der Waals surface area contributed by atoms with E-state index in [-0.39, 0.29) is 19.6 Å². The Kier molecular flexibility index (Phi) is 6.44. The molecule has 0 saturated carbocycles. The first kappa shape index (κ1) is 17.7. The molecule has 1 saturated heterocycles. The molecule has 0 bridgehead atoms. The predicted molar refractivity (Wildman–Crippen MR) is 72.4 cm³/mol. The van der Waals surface area contributed by atoms with Crippen LogP contribution in [0.1, 0.15) is 13.0 Å². The van der Waals surface area contributed by atoms with Gasteiger partial charge in [-0.25, -0.2) is 0 Å². The van der Waals surface area contributed by atoms with Gasteiger partial charge in [0, 0.05) is 10.6 Å². The highest BCUT2D eigenvalue weighted by Gasteiger charge is 2.38. The van der Waals surface area contributed by atoms with Crippen LogP contribution in [-0.4, -0.2) is 38.0 Å². The maximum Gasteiger partial charge on any atom is 0.437 e. The summed E-state index contributed by atoms with van der Waals surface area (Å²) in [6.07, 6.45) is -5.32. The molecule has 1 fully saturated rings. The first-order valence-electron chi connectivity index (χ1n) is 5.73. The molecule has 0 unspecified atom stereocenters. The topological polar surface area (TPSA) is 40.0 Å². The van der Waals surface area contributed by atoms with E-state index < -0.39 is 18.2 Å². The van der Waals surface area contributed by atoms with Crippen molar-refractivity contribution in [3.05, 3.63) is 34.9 Å². The first-order valence-corrected chi connectivity index (χ1v) is 6.11. The average molecular weight is 326 g/mol. The SMILES string of the molecule is C.FC(F)(F)/C(=N\OCC1OCCO1)c1ccc(Cl)cc1.